The Hall–Kier alpha value is -2.80. The van der Waals surface area contributed by atoms with Gasteiger partial charge in [-0.2, -0.15) is 5.10 Å². The second-order valence-electron chi connectivity index (χ2n) is 6.78. The summed E-state index contributed by atoms with van der Waals surface area (Å²) in [6, 6.07) is 17.4. The number of carbonyl (C=O) groups excluding carboxylic acids is 1. The number of hydrogen-bond donors (Lipinski definition) is 2. The van der Waals surface area contributed by atoms with E-state index < -0.39 is 0 Å². The average molecular weight is 441 g/mol. The maximum absolute atomic E-state index is 12.5. The maximum Gasteiger partial charge on any atom is 0.251 e. The predicted octanol–water partition coefficient (Wildman–Crippen LogP) is 3.86. The quantitative estimate of drug-likeness (QED) is 0.631. The zero-order valence-electron chi connectivity index (χ0n) is 15.5. The van der Waals surface area contributed by atoms with Crippen LogP contribution in [0.1, 0.15) is 16.8 Å². The number of anilines is 1. The van der Waals surface area contributed by atoms with Gasteiger partial charge in [0.15, 0.2) is 5.82 Å². The lowest BCUT2D eigenvalue weighted by Crippen LogP contribution is -2.37. The van der Waals surface area contributed by atoms with Crippen LogP contribution < -0.4 is 15.0 Å². The van der Waals surface area contributed by atoms with Gasteiger partial charge in [-0.15, -0.1) is 0 Å². The van der Waals surface area contributed by atoms with Gasteiger partial charge in [-0.1, -0.05) is 22.0 Å². The van der Waals surface area contributed by atoms with Gasteiger partial charge in [0.25, 0.3) is 5.91 Å². The van der Waals surface area contributed by atoms with Crippen LogP contribution in [-0.2, 0) is 0 Å². The Morgan fingerprint density at radius 1 is 1.25 bits per heavy atom. The van der Waals surface area contributed by atoms with E-state index in [0.717, 1.165) is 46.8 Å². The van der Waals surface area contributed by atoms with Gasteiger partial charge >= 0.3 is 0 Å². The summed E-state index contributed by atoms with van der Waals surface area (Å²) >= 11 is 3.41. The third-order valence-electron chi connectivity index (χ3n) is 4.90. The number of carbonyl (C=O) groups is 1. The van der Waals surface area contributed by atoms with Crippen molar-refractivity contribution in [2.45, 2.75) is 12.5 Å². The van der Waals surface area contributed by atoms with Crippen molar-refractivity contribution in [3.8, 4) is 17.0 Å². The zero-order chi connectivity index (χ0) is 19.5. The summed E-state index contributed by atoms with van der Waals surface area (Å²) < 4.78 is 6.10. The first-order valence-electron chi connectivity index (χ1n) is 9.13. The van der Waals surface area contributed by atoms with Crippen molar-refractivity contribution in [3.05, 3.63) is 64.6 Å². The van der Waals surface area contributed by atoms with Crippen LogP contribution in [0.5, 0.6) is 5.75 Å². The van der Waals surface area contributed by atoms with E-state index in [9.17, 15) is 4.79 Å². The highest BCUT2D eigenvalue weighted by Gasteiger charge is 2.26. The van der Waals surface area contributed by atoms with E-state index in [2.05, 4.69) is 36.3 Å². The molecule has 1 aliphatic rings. The topological polar surface area (TPSA) is 70.2 Å². The standard InChI is InChI=1S/C21H21BrN4O2/c1-28-18-7-5-14(6-8-18)19-12-20(25-24-19)26-10-9-17(13-26)23-21(27)15-3-2-4-16(22)11-15/h2-8,11-12,17H,9-10,13H2,1H3,(H,23,27)(H,24,25)/t17-/m0/s1. The van der Waals surface area contributed by atoms with Gasteiger partial charge in [-0.05, 0) is 54.4 Å². The molecule has 0 aliphatic carbocycles. The molecule has 28 heavy (non-hydrogen) atoms. The summed E-state index contributed by atoms with van der Waals surface area (Å²) in [5.41, 5.74) is 2.67. The smallest absolute Gasteiger partial charge is 0.251 e. The van der Waals surface area contributed by atoms with Crippen LogP contribution in [0.25, 0.3) is 11.3 Å². The summed E-state index contributed by atoms with van der Waals surface area (Å²) in [6.45, 7) is 1.60. The number of H-pyrrole nitrogens is 1. The summed E-state index contributed by atoms with van der Waals surface area (Å²) in [6.07, 6.45) is 0.893. The third-order valence-corrected chi connectivity index (χ3v) is 5.39. The second kappa shape index (κ2) is 8.06. The highest BCUT2D eigenvalue weighted by Crippen LogP contribution is 2.26. The predicted molar refractivity (Wildman–Crippen MR) is 113 cm³/mol. The van der Waals surface area contributed by atoms with E-state index in [0.29, 0.717) is 5.56 Å². The van der Waals surface area contributed by atoms with Gasteiger partial charge in [0, 0.05) is 35.2 Å². The Labute approximate surface area is 172 Å². The monoisotopic (exact) mass is 440 g/mol. The minimum absolute atomic E-state index is 0.0471. The molecule has 0 radical (unpaired) electrons. The normalized spacial score (nSPS) is 16.2. The average Bonchev–Trinajstić information content (AvgIpc) is 3.37. The molecule has 1 aliphatic heterocycles. The SMILES string of the molecule is COc1ccc(-c2cc(N3CC[C@H](NC(=O)c4cccc(Br)c4)C3)n[nH]2)cc1. The minimum atomic E-state index is -0.0471. The first-order valence-corrected chi connectivity index (χ1v) is 9.93. The fourth-order valence-electron chi connectivity index (χ4n) is 3.38. The van der Waals surface area contributed by atoms with Crippen molar-refractivity contribution in [3.63, 3.8) is 0 Å². The van der Waals surface area contributed by atoms with Gasteiger partial charge < -0.3 is 15.0 Å². The molecule has 1 amide bonds. The van der Waals surface area contributed by atoms with E-state index in [-0.39, 0.29) is 11.9 Å². The van der Waals surface area contributed by atoms with Crippen molar-refractivity contribution in [1.82, 2.24) is 15.5 Å². The molecule has 6 nitrogen and oxygen atoms in total. The number of aromatic amines is 1. The van der Waals surface area contributed by atoms with Crippen molar-refractivity contribution in [2.24, 2.45) is 0 Å². The van der Waals surface area contributed by atoms with Crippen LogP contribution in [0.4, 0.5) is 5.82 Å². The van der Waals surface area contributed by atoms with Crippen molar-refractivity contribution >= 4 is 27.7 Å². The van der Waals surface area contributed by atoms with Gasteiger partial charge in [-0.3, -0.25) is 9.89 Å². The van der Waals surface area contributed by atoms with Gasteiger partial charge in [0.05, 0.1) is 12.8 Å². The molecular formula is C21H21BrN4O2. The first-order chi connectivity index (χ1) is 13.6. The molecular weight excluding hydrogens is 420 g/mol. The Bertz CT molecular complexity index is 971. The molecule has 0 spiro atoms. The number of rotatable bonds is 5. The van der Waals surface area contributed by atoms with Crippen LogP contribution in [0.15, 0.2) is 59.1 Å². The lowest BCUT2D eigenvalue weighted by atomic mass is 10.1. The first kappa shape index (κ1) is 18.6. The van der Waals surface area contributed by atoms with Gasteiger partial charge in [0.1, 0.15) is 5.75 Å². The zero-order valence-corrected chi connectivity index (χ0v) is 17.1. The third kappa shape index (κ3) is 4.04. The molecule has 1 aromatic heterocycles. The van der Waals surface area contributed by atoms with Crippen LogP contribution >= 0.6 is 15.9 Å². The molecule has 1 saturated heterocycles. The number of amides is 1. The largest absolute Gasteiger partial charge is 0.497 e. The minimum Gasteiger partial charge on any atom is -0.497 e. The number of nitrogens with zero attached hydrogens (tertiary/aromatic N) is 2. The Kier molecular flexibility index (Phi) is 5.34. The van der Waals surface area contributed by atoms with E-state index in [1.807, 2.05) is 54.6 Å². The molecule has 2 N–H and O–H groups in total. The van der Waals surface area contributed by atoms with Crippen LogP contribution in [0.2, 0.25) is 0 Å². The molecule has 0 unspecified atom stereocenters. The lowest BCUT2D eigenvalue weighted by molar-refractivity contribution is 0.0940. The summed E-state index contributed by atoms with van der Waals surface area (Å²) in [7, 11) is 1.66. The van der Waals surface area contributed by atoms with E-state index in [4.69, 9.17) is 4.74 Å². The van der Waals surface area contributed by atoms with Crippen molar-refractivity contribution < 1.29 is 9.53 Å². The molecule has 1 fully saturated rings. The van der Waals surface area contributed by atoms with Crippen LogP contribution in [-0.4, -0.2) is 42.3 Å². The van der Waals surface area contributed by atoms with E-state index >= 15 is 0 Å². The molecule has 0 saturated carbocycles. The molecule has 7 heteroatoms. The number of aromatic nitrogens is 2. The summed E-state index contributed by atoms with van der Waals surface area (Å²) in [5.74, 6) is 1.67. The number of hydrogen-bond acceptors (Lipinski definition) is 4. The molecule has 2 heterocycles. The lowest BCUT2D eigenvalue weighted by Gasteiger charge is -2.16. The fraction of sp³-hybridized carbons (Fsp3) is 0.238. The Morgan fingerprint density at radius 3 is 2.82 bits per heavy atom. The number of ether oxygens (including phenoxy) is 1. The van der Waals surface area contributed by atoms with Crippen molar-refractivity contribution in [2.75, 3.05) is 25.1 Å². The van der Waals surface area contributed by atoms with Gasteiger partial charge in [-0.25, -0.2) is 0 Å². The number of methoxy groups -OCH3 is 1. The highest BCUT2D eigenvalue weighted by atomic mass is 79.9. The molecule has 144 valence electrons. The van der Waals surface area contributed by atoms with Crippen LogP contribution in [0, 0.1) is 0 Å². The Balaban J connectivity index is 1.39. The number of benzene rings is 2. The molecule has 0 bridgehead atoms. The Morgan fingerprint density at radius 2 is 2.07 bits per heavy atom. The summed E-state index contributed by atoms with van der Waals surface area (Å²) in [5, 5.41) is 10.7. The van der Waals surface area contributed by atoms with E-state index in [1.165, 1.54) is 0 Å². The number of nitrogens with one attached hydrogen (secondary N) is 2. The fourth-order valence-corrected chi connectivity index (χ4v) is 3.78. The van der Waals surface area contributed by atoms with Crippen LogP contribution in [0.3, 0.4) is 0 Å². The highest BCUT2D eigenvalue weighted by molar-refractivity contribution is 9.10. The maximum atomic E-state index is 12.5. The second-order valence-corrected chi connectivity index (χ2v) is 7.70. The molecule has 1 atom stereocenters. The molecule has 3 aromatic rings. The summed E-state index contributed by atoms with van der Waals surface area (Å²) in [4.78, 5) is 14.6. The van der Waals surface area contributed by atoms with Gasteiger partial charge in [0.2, 0.25) is 0 Å². The number of halogens is 1. The van der Waals surface area contributed by atoms with Crippen molar-refractivity contribution in [1.29, 1.82) is 0 Å². The van der Waals surface area contributed by atoms with E-state index in [1.54, 1.807) is 7.11 Å². The molecule has 2 aromatic carbocycles. The molecule has 4 rings (SSSR count).